The maximum absolute atomic E-state index is 10.3. The molecule has 1 rings (SSSR count). The van der Waals surface area contributed by atoms with E-state index in [-0.39, 0.29) is 5.38 Å². The van der Waals surface area contributed by atoms with Crippen molar-refractivity contribution in [1.82, 2.24) is 0 Å². The lowest BCUT2D eigenvalue weighted by Crippen LogP contribution is -2.14. The second kappa shape index (κ2) is 5.82. The summed E-state index contributed by atoms with van der Waals surface area (Å²) >= 11 is 6.05. The van der Waals surface area contributed by atoms with E-state index in [1.807, 2.05) is 18.2 Å². The molecule has 14 heavy (non-hydrogen) atoms. The highest BCUT2D eigenvalue weighted by Gasteiger charge is 2.13. The van der Waals surface area contributed by atoms with Crippen molar-refractivity contribution in [2.75, 3.05) is 0 Å². The third-order valence-electron chi connectivity index (χ3n) is 2.34. The summed E-state index contributed by atoms with van der Waals surface area (Å²) in [7, 11) is 0. The quantitative estimate of drug-likeness (QED) is 0.539. The van der Waals surface area contributed by atoms with Crippen LogP contribution in [0.1, 0.15) is 18.9 Å². The molecule has 0 aliphatic rings. The van der Waals surface area contributed by atoms with Crippen LogP contribution in [0.3, 0.4) is 0 Å². The molecule has 0 aliphatic carbocycles. The molecular weight excluding hydrogens is 196 g/mol. The molecular formula is C12H15ClO. The summed E-state index contributed by atoms with van der Waals surface area (Å²) in [6.45, 7) is 2.08. The second-order valence-electron chi connectivity index (χ2n) is 3.59. The number of aldehydes is 1. The Labute approximate surface area is 90.1 Å². The summed E-state index contributed by atoms with van der Waals surface area (Å²) in [5.41, 5.74) is 1.27. The number of carbonyl (C=O) groups excluding carboxylic acids is 1. The molecule has 0 bridgehead atoms. The van der Waals surface area contributed by atoms with Gasteiger partial charge in [0, 0.05) is 11.8 Å². The van der Waals surface area contributed by atoms with Crippen molar-refractivity contribution in [3.63, 3.8) is 0 Å². The van der Waals surface area contributed by atoms with E-state index >= 15 is 0 Å². The average Bonchev–Trinajstić information content (AvgIpc) is 2.19. The minimum absolute atomic E-state index is 0.0484. The maximum atomic E-state index is 10.3. The molecule has 0 radical (unpaired) electrons. The zero-order chi connectivity index (χ0) is 10.4. The Morgan fingerprint density at radius 2 is 2.00 bits per heavy atom. The highest BCUT2D eigenvalue weighted by atomic mass is 35.5. The van der Waals surface area contributed by atoms with Gasteiger partial charge in [-0.1, -0.05) is 37.3 Å². The topological polar surface area (TPSA) is 17.1 Å². The molecule has 0 aliphatic heterocycles. The third kappa shape index (κ3) is 3.51. The maximum Gasteiger partial charge on any atom is 0.121 e. The largest absolute Gasteiger partial charge is 0.303 e. The standard InChI is InChI=1S/C12H15ClO/c1-10(12(13)7-8-14)9-11-5-3-2-4-6-11/h2-6,8,10,12H,7,9H2,1H3. The van der Waals surface area contributed by atoms with Gasteiger partial charge in [-0.25, -0.2) is 0 Å². The van der Waals surface area contributed by atoms with Crippen molar-refractivity contribution in [2.45, 2.75) is 25.1 Å². The first-order valence-corrected chi connectivity index (χ1v) is 5.29. The van der Waals surface area contributed by atoms with Crippen molar-refractivity contribution in [1.29, 1.82) is 0 Å². The summed E-state index contributed by atoms with van der Waals surface area (Å²) in [6.07, 6.45) is 2.26. The molecule has 0 amide bonds. The van der Waals surface area contributed by atoms with Crippen molar-refractivity contribution < 1.29 is 4.79 Å². The fraction of sp³-hybridized carbons (Fsp3) is 0.417. The molecule has 0 saturated carbocycles. The van der Waals surface area contributed by atoms with E-state index in [1.165, 1.54) is 5.56 Å². The first-order valence-electron chi connectivity index (χ1n) is 4.85. The Bertz CT molecular complexity index is 271. The monoisotopic (exact) mass is 210 g/mol. The van der Waals surface area contributed by atoms with Gasteiger partial charge >= 0.3 is 0 Å². The van der Waals surface area contributed by atoms with Crippen LogP contribution in [0.4, 0.5) is 0 Å². The Morgan fingerprint density at radius 1 is 1.36 bits per heavy atom. The van der Waals surface area contributed by atoms with Gasteiger partial charge in [0.25, 0.3) is 0 Å². The molecule has 0 N–H and O–H groups in total. The van der Waals surface area contributed by atoms with E-state index in [2.05, 4.69) is 19.1 Å². The Kier molecular flexibility index (Phi) is 4.68. The molecule has 1 aromatic carbocycles. The first kappa shape index (κ1) is 11.3. The lowest BCUT2D eigenvalue weighted by atomic mass is 9.96. The lowest BCUT2D eigenvalue weighted by molar-refractivity contribution is -0.108. The minimum atomic E-state index is -0.0484. The predicted octanol–water partition coefficient (Wildman–Crippen LogP) is 3.06. The van der Waals surface area contributed by atoms with Crippen LogP contribution in [-0.4, -0.2) is 11.7 Å². The molecule has 0 heterocycles. The number of alkyl halides is 1. The Balaban J connectivity index is 2.48. The van der Waals surface area contributed by atoms with E-state index in [4.69, 9.17) is 11.6 Å². The summed E-state index contributed by atoms with van der Waals surface area (Å²) in [6, 6.07) is 10.2. The highest BCUT2D eigenvalue weighted by molar-refractivity contribution is 6.21. The smallest absolute Gasteiger partial charge is 0.121 e. The van der Waals surface area contributed by atoms with Crippen molar-refractivity contribution in [2.24, 2.45) is 5.92 Å². The van der Waals surface area contributed by atoms with Crippen LogP contribution in [-0.2, 0) is 11.2 Å². The predicted molar refractivity (Wildman–Crippen MR) is 59.6 cm³/mol. The number of halogens is 1. The zero-order valence-electron chi connectivity index (χ0n) is 8.32. The molecule has 0 saturated heterocycles. The lowest BCUT2D eigenvalue weighted by Gasteiger charge is -2.15. The molecule has 0 aromatic heterocycles. The minimum Gasteiger partial charge on any atom is -0.303 e. The zero-order valence-corrected chi connectivity index (χ0v) is 9.08. The Morgan fingerprint density at radius 3 is 2.57 bits per heavy atom. The van der Waals surface area contributed by atoms with Crippen LogP contribution in [0.15, 0.2) is 30.3 Å². The van der Waals surface area contributed by atoms with Crippen LogP contribution in [0.25, 0.3) is 0 Å². The first-order chi connectivity index (χ1) is 6.74. The van der Waals surface area contributed by atoms with Crippen LogP contribution in [0.2, 0.25) is 0 Å². The van der Waals surface area contributed by atoms with Crippen LogP contribution >= 0.6 is 11.6 Å². The average molecular weight is 211 g/mol. The molecule has 1 nitrogen and oxygen atoms in total. The Hall–Kier alpha value is -0.820. The second-order valence-corrected chi connectivity index (χ2v) is 4.15. The van der Waals surface area contributed by atoms with Gasteiger partial charge in [0.05, 0.1) is 0 Å². The number of carbonyl (C=O) groups is 1. The number of hydrogen-bond acceptors (Lipinski definition) is 1. The van der Waals surface area contributed by atoms with Gasteiger partial charge in [-0.15, -0.1) is 11.6 Å². The fourth-order valence-corrected chi connectivity index (χ4v) is 1.60. The van der Waals surface area contributed by atoms with Crippen LogP contribution in [0.5, 0.6) is 0 Å². The van der Waals surface area contributed by atoms with Gasteiger partial charge in [-0.2, -0.15) is 0 Å². The van der Waals surface area contributed by atoms with Crippen molar-refractivity contribution in [3.8, 4) is 0 Å². The highest BCUT2D eigenvalue weighted by Crippen LogP contribution is 2.18. The normalized spacial score (nSPS) is 14.7. The SMILES string of the molecule is CC(Cc1ccccc1)C(Cl)CC=O. The number of benzene rings is 1. The van der Waals surface area contributed by atoms with Crippen LogP contribution in [0, 0.1) is 5.92 Å². The van der Waals surface area contributed by atoms with Gasteiger partial charge in [0.1, 0.15) is 6.29 Å². The molecule has 0 spiro atoms. The molecule has 0 fully saturated rings. The summed E-state index contributed by atoms with van der Waals surface area (Å²) in [5, 5.41) is -0.0484. The van der Waals surface area contributed by atoms with E-state index in [0.29, 0.717) is 12.3 Å². The van der Waals surface area contributed by atoms with Gasteiger partial charge in [0.15, 0.2) is 0 Å². The summed E-state index contributed by atoms with van der Waals surface area (Å²) < 4.78 is 0. The van der Waals surface area contributed by atoms with Gasteiger partial charge in [0.2, 0.25) is 0 Å². The van der Waals surface area contributed by atoms with E-state index in [9.17, 15) is 4.79 Å². The van der Waals surface area contributed by atoms with Gasteiger partial charge in [-0.3, -0.25) is 0 Å². The van der Waals surface area contributed by atoms with Gasteiger partial charge in [-0.05, 0) is 17.9 Å². The van der Waals surface area contributed by atoms with Crippen molar-refractivity contribution >= 4 is 17.9 Å². The summed E-state index contributed by atoms with van der Waals surface area (Å²) in [4.78, 5) is 10.3. The fourth-order valence-electron chi connectivity index (χ4n) is 1.44. The molecule has 1 aromatic rings. The van der Waals surface area contributed by atoms with Crippen LogP contribution < -0.4 is 0 Å². The van der Waals surface area contributed by atoms with Gasteiger partial charge < -0.3 is 4.79 Å². The van der Waals surface area contributed by atoms with E-state index in [1.54, 1.807) is 0 Å². The van der Waals surface area contributed by atoms with E-state index < -0.39 is 0 Å². The summed E-state index contributed by atoms with van der Waals surface area (Å²) in [5.74, 6) is 0.337. The molecule has 76 valence electrons. The van der Waals surface area contributed by atoms with Crippen molar-refractivity contribution in [3.05, 3.63) is 35.9 Å². The number of hydrogen-bond donors (Lipinski definition) is 0. The molecule has 2 unspecified atom stereocenters. The molecule has 2 atom stereocenters. The molecule has 2 heteroatoms. The van der Waals surface area contributed by atoms with E-state index in [0.717, 1.165) is 12.7 Å². The third-order valence-corrected chi connectivity index (χ3v) is 2.95. The number of rotatable bonds is 5.